The van der Waals surface area contributed by atoms with Crippen LogP contribution in [0.25, 0.3) is 0 Å². The SMILES string of the molecule is COc1ccc(OCCN2CCN(CC(=O)Nc3ccc(Cl)cc3)CC2)cc1. The van der Waals surface area contributed by atoms with Crippen LogP contribution in [-0.4, -0.2) is 68.7 Å². The molecule has 28 heavy (non-hydrogen) atoms. The number of methoxy groups -OCH3 is 1. The molecule has 0 radical (unpaired) electrons. The Morgan fingerprint density at radius 1 is 0.964 bits per heavy atom. The number of carbonyl (C=O) groups is 1. The van der Waals surface area contributed by atoms with Gasteiger partial charge in [-0.1, -0.05) is 11.6 Å². The van der Waals surface area contributed by atoms with Crippen molar-refractivity contribution in [2.45, 2.75) is 0 Å². The molecule has 1 heterocycles. The summed E-state index contributed by atoms with van der Waals surface area (Å²) in [5, 5.41) is 3.56. The Morgan fingerprint density at radius 2 is 1.57 bits per heavy atom. The van der Waals surface area contributed by atoms with E-state index in [1.54, 1.807) is 31.4 Å². The number of nitrogens with one attached hydrogen (secondary N) is 1. The third-order valence-electron chi connectivity index (χ3n) is 4.70. The molecule has 0 bridgehead atoms. The molecule has 6 nitrogen and oxygen atoms in total. The highest BCUT2D eigenvalue weighted by Crippen LogP contribution is 2.17. The fourth-order valence-corrected chi connectivity index (χ4v) is 3.20. The van der Waals surface area contributed by atoms with E-state index >= 15 is 0 Å². The molecule has 0 aromatic heterocycles. The maximum Gasteiger partial charge on any atom is 0.238 e. The van der Waals surface area contributed by atoms with E-state index in [-0.39, 0.29) is 5.91 Å². The Balaban J connectivity index is 1.32. The van der Waals surface area contributed by atoms with Crippen LogP contribution in [0.3, 0.4) is 0 Å². The van der Waals surface area contributed by atoms with Crippen LogP contribution in [0, 0.1) is 0 Å². The van der Waals surface area contributed by atoms with Crippen molar-refractivity contribution < 1.29 is 14.3 Å². The van der Waals surface area contributed by atoms with E-state index in [0.29, 0.717) is 18.2 Å². The van der Waals surface area contributed by atoms with Crippen LogP contribution in [0.2, 0.25) is 5.02 Å². The quantitative estimate of drug-likeness (QED) is 0.734. The summed E-state index contributed by atoms with van der Waals surface area (Å²) in [6, 6.07) is 14.8. The van der Waals surface area contributed by atoms with Gasteiger partial charge in [-0.3, -0.25) is 14.6 Å². The van der Waals surface area contributed by atoms with Gasteiger partial charge < -0.3 is 14.8 Å². The Morgan fingerprint density at radius 3 is 2.21 bits per heavy atom. The van der Waals surface area contributed by atoms with Crippen LogP contribution in [0.15, 0.2) is 48.5 Å². The second-order valence-corrected chi connectivity index (χ2v) is 7.13. The van der Waals surface area contributed by atoms with Gasteiger partial charge in [0.2, 0.25) is 5.91 Å². The third-order valence-corrected chi connectivity index (χ3v) is 4.95. The van der Waals surface area contributed by atoms with Gasteiger partial charge in [0, 0.05) is 43.4 Å². The minimum absolute atomic E-state index is 0.00129. The van der Waals surface area contributed by atoms with Crippen LogP contribution < -0.4 is 14.8 Å². The zero-order valence-corrected chi connectivity index (χ0v) is 16.8. The highest BCUT2D eigenvalue weighted by molar-refractivity contribution is 6.30. The van der Waals surface area contributed by atoms with Gasteiger partial charge in [0.1, 0.15) is 18.1 Å². The van der Waals surface area contributed by atoms with Gasteiger partial charge in [0.05, 0.1) is 13.7 Å². The molecule has 0 saturated carbocycles. The summed E-state index contributed by atoms with van der Waals surface area (Å²) in [6.45, 7) is 5.52. The molecule has 3 rings (SSSR count). The zero-order valence-electron chi connectivity index (χ0n) is 16.1. The first kappa shape index (κ1) is 20.5. The average Bonchev–Trinajstić information content (AvgIpc) is 2.71. The molecule has 1 amide bonds. The number of benzene rings is 2. The zero-order chi connectivity index (χ0) is 19.8. The standard InChI is InChI=1S/C21H26ClN3O3/c1-27-19-6-8-20(9-7-19)28-15-14-24-10-12-25(13-11-24)16-21(26)23-18-4-2-17(22)3-5-18/h2-9H,10-16H2,1H3,(H,23,26). The first-order valence-corrected chi connectivity index (χ1v) is 9.77. The topological polar surface area (TPSA) is 54.0 Å². The summed E-state index contributed by atoms with van der Waals surface area (Å²) >= 11 is 5.86. The fraction of sp³-hybridized carbons (Fsp3) is 0.381. The second kappa shape index (κ2) is 10.3. The normalized spacial score (nSPS) is 15.2. The predicted octanol–water partition coefficient (Wildman–Crippen LogP) is 2.98. The lowest BCUT2D eigenvalue weighted by Crippen LogP contribution is -2.49. The van der Waals surface area contributed by atoms with E-state index in [9.17, 15) is 4.79 Å². The summed E-state index contributed by atoms with van der Waals surface area (Å²) < 4.78 is 10.9. The van der Waals surface area contributed by atoms with Crippen LogP contribution in [0.5, 0.6) is 11.5 Å². The van der Waals surface area contributed by atoms with Crippen LogP contribution in [-0.2, 0) is 4.79 Å². The van der Waals surface area contributed by atoms with Gasteiger partial charge in [-0.05, 0) is 48.5 Å². The van der Waals surface area contributed by atoms with Crippen LogP contribution >= 0.6 is 11.6 Å². The van der Waals surface area contributed by atoms with E-state index in [4.69, 9.17) is 21.1 Å². The van der Waals surface area contributed by atoms with Gasteiger partial charge in [-0.15, -0.1) is 0 Å². The van der Waals surface area contributed by atoms with E-state index in [0.717, 1.165) is 49.9 Å². The molecule has 0 spiro atoms. The number of anilines is 1. The third kappa shape index (κ3) is 6.41. The highest BCUT2D eigenvalue weighted by Gasteiger charge is 2.18. The molecule has 0 aliphatic carbocycles. The number of hydrogen-bond acceptors (Lipinski definition) is 5. The number of piperazine rings is 1. The Hall–Kier alpha value is -2.28. The summed E-state index contributed by atoms with van der Waals surface area (Å²) in [4.78, 5) is 16.7. The molecular formula is C21H26ClN3O3. The molecule has 7 heteroatoms. The van der Waals surface area contributed by atoms with Crippen molar-refractivity contribution in [1.82, 2.24) is 9.80 Å². The maximum absolute atomic E-state index is 12.2. The number of nitrogens with zero attached hydrogens (tertiary/aromatic N) is 2. The van der Waals surface area contributed by atoms with Gasteiger partial charge in [-0.2, -0.15) is 0 Å². The Labute approximate surface area is 171 Å². The van der Waals surface area contributed by atoms with Crippen molar-refractivity contribution >= 4 is 23.2 Å². The van der Waals surface area contributed by atoms with Crippen molar-refractivity contribution in [1.29, 1.82) is 0 Å². The lowest BCUT2D eigenvalue weighted by molar-refractivity contribution is -0.117. The molecule has 1 N–H and O–H groups in total. The van der Waals surface area contributed by atoms with E-state index in [2.05, 4.69) is 15.1 Å². The highest BCUT2D eigenvalue weighted by atomic mass is 35.5. The number of ether oxygens (including phenoxy) is 2. The number of rotatable bonds is 8. The monoisotopic (exact) mass is 403 g/mol. The second-order valence-electron chi connectivity index (χ2n) is 6.70. The molecular weight excluding hydrogens is 378 g/mol. The number of amides is 1. The fourth-order valence-electron chi connectivity index (χ4n) is 3.07. The number of hydrogen-bond donors (Lipinski definition) is 1. The minimum atomic E-state index is -0.00129. The first-order valence-electron chi connectivity index (χ1n) is 9.39. The summed E-state index contributed by atoms with van der Waals surface area (Å²) in [5.41, 5.74) is 0.767. The molecule has 1 aliphatic rings. The van der Waals surface area contributed by atoms with Gasteiger partial charge in [0.25, 0.3) is 0 Å². The van der Waals surface area contributed by atoms with Gasteiger partial charge >= 0.3 is 0 Å². The molecule has 1 fully saturated rings. The van der Waals surface area contributed by atoms with E-state index < -0.39 is 0 Å². The first-order chi connectivity index (χ1) is 13.6. The summed E-state index contributed by atoms with van der Waals surface area (Å²) in [6.07, 6.45) is 0. The van der Waals surface area contributed by atoms with Crippen molar-refractivity contribution in [3.05, 3.63) is 53.6 Å². The van der Waals surface area contributed by atoms with Gasteiger partial charge in [0.15, 0.2) is 0 Å². The smallest absolute Gasteiger partial charge is 0.238 e. The van der Waals surface area contributed by atoms with Gasteiger partial charge in [-0.25, -0.2) is 0 Å². The van der Waals surface area contributed by atoms with E-state index in [1.807, 2.05) is 24.3 Å². The summed E-state index contributed by atoms with van der Waals surface area (Å²) in [5.74, 6) is 1.67. The van der Waals surface area contributed by atoms with Crippen molar-refractivity contribution in [2.24, 2.45) is 0 Å². The molecule has 1 aliphatic heterocycles. The molecule has 0 atom stereocenters. The predicted molar refractivity (Wildman–Crippen MR) is 111 cm³/mol. The van der Waals surface area contributed by atoms with Crippen molar-refractivity contribution in [3.63, 3.8) is 0 Å². The molecule has 0 unspecified atom stereocenters. The average molecular weight is 404 g/mol. The van der Waals surface area contributed by atoms with Crippen LogP contribution in [0.4, 0.5) is 5.69 Å². The van der Waals surface area contributed by atoms with Crippen molar-refractivity contribution in [2.75, 3.05) is 58.3 Å². The molecule has 2 aromatic rings. The Bertz CT molecular complexity index is 744. The van der Waals surface area contributed by atoms with E-state index in [1.165, 1.54) is 0 Å². The van der Waals surface area contributed by atoms with Crippen LogP contribution in [0.1, 0.15) is 0 Å². The Kier molecular flexibility index (Phi) is 7.54. The molecule has 1 saturated heterocycles. The number of halogens is 1. The van der Waals surface area contributed by atoms with Crippen molar-refractivity contribution in [3.8, 4) is 11.5 Å². The number of carbonyl (C=O) groups excluding carboxylic acids is 1. The summed E-state index contributed by atoms with van der Waals surface area (Å²) in [7, 11) is 1.65. The molecule has 2 aromatic carbocycles. The lowest BCUT2D eigenvalue weighted by Gasteiger charge is -2.34. The largest absolute Gasteiger partial charge is 0.497 e. The lowest BCUT2D eigenvalue weighted by atomic mass is 10.3. The maximum atomic E-state index is 12.2. The minimum Gasteiger partial charge on any atom is -0.497 e. The molecule has 150 valence electrons.